The number of rotatable bonds is 7. The van der Waals surface area contributed by atoms with E-state index in [1.807, 2.05) is 0 Å². The van der Waals surface area contributed by atoms with Gasteiger partial charge in [-0.05, 0) is 29.6 Å². The van der Waals surface area contributed by atoms with Crippen molar-refractivity contribution in [1.82, 2.24) is 0 Å². The molecular weight excluding hydrogens is 310 g/mol. The smallest absolute Gasteiger partial charge is 0.357 e. The zero-order valence-electron chi connectivity index (χ0n) is 8.33. The van der Waals surface area contributed by atoms with Crippen molar-refractivity contribution in [2.24, 2.45) is 0 Å². The van der Waals surface area contributed by atoms with Gasteiger partial charge in [-0.25, -0.2) is 0 Å². The summed E-state index contributed by atoms with van der Waals surface area (Å²) in [5.41, 5.74) is -4.13. The normalized spacial score (nSPS) is 13.9. The summed E-state index contributed by atoms with van der Waals surface area (Å²) < 4.78 is 50.9. The Hall–Kier alpha value is 0.220. The summed E-state index contributed by atoms with van der Waals surface area (Å²) in [5, 5.41) is -0.346. The lowest BCUT2D eigenvalue weighted by Gasteiger charge is -2.34. The quantitative estimate of drug-likeness (QED) is 0.577. The second kappa shape index (κ2) is 5.91. The molecule has 0 heterocycles. The van der Waals surface area contributed by atoms with Gasteiger partial charge in [0.1, 0.15) is 5.78 Å². The van der Waals surface area contributed by atoms with Crippen molar-refractivity contribution in [3.05, 3.63) is 0 Å². The highest BCUT2D eigenvalue weighted by Gasteiger charge is 2.67. The average molecular weight is 320 g/mol. The average Bonchev–Trinajstić information content (AvgIpc) is 2.10. The predicted molar refractivity (Wildman–Crippen MR) is 56.1 cm³/mol. The summed E-state index contributed by atoms with van der Waals surface area (Å²) in [6, 6.07) is 0. The molecule has 102 valence electrons. The summed E-state index contributed by atoms with van der Waals surface area (Å²) in [5.74, 6) is -0.979. The molecule has 0 aromatic carbocycles. The fourth-order valence-corrected chi connectivity index (χ4v) is 1.55. The molecule has 0 rings (SSSR count). The second-order valence-corrected chi connectivity index (χ2v) is 4.69. The first kappa shape index (κ1) is 17.2. The molecule has 0 amide bonds. The summed E-state index contributed by atoms with van der Waals surface area (Å²) >= 11 is 14.0. The van der Waals surface area contributed by atoms with Crippen molar-refractivity contribution in [2.75, 3.05) is 5.88 Å². The Bertz CT molecular complexity index is 261. The van der Waals surface area contributed by atoms with Gasteiger partial charge < -0.3 is 5.11 Å². The van der Waals surface area contributed by atoms with E-state index < -0.39 is 28.6 Å². The Balaban J connectivity index is 4.93. The van der Waals surface area contributed by atoms with Crippen molar-refractivity contribution < 1.29 is 27.5 Å². The standard InChI is InChI=1S/C8H9Cl3F4O2/c9-3-1-2-5(16)4-6(17,7(10,12)13)8(11,14)15/h17H,1-4H2. The van der Waals surface area contributed by atoms with Crippen LogP contribution in [0.25, 0.3) is 0 Å². The number of halogens is 7. The van der Waals surface area contributed by atoms with E-state index in [2.05, 4.69) is 23.2 Å². The van der Waals surface area contributed by atoms with Gasteiger partial charge in [-0.2, -0.15) is 17.6 Å². The van der Waals surface area contributed by atoms with E-state index >= 15 is 0 Å². The van der Waals surface area contributed by atoms with Crippen LogP contribution < -0.4 is 0 Å². The molecule has 0 atom stereocenters. The highest BCUT2D eigenvalue weighted by atomic mass is 35.5. The Morgan fingerprint density at radius 2 is 1.53 bits per heavy atom. The Labute approximate surface area is 110 Å². The summed E-state index contributed by atoms with van der Waals surface area (Å²) in [4.78, 5) is 11.1. The van der Waals surface area contributed by atoms with Crippen LogP contribution in [-0.4, -0.2) is 33.1 Å². The molecule has 9 heteroatoms. The number of alkyl halides is 7. The van der Waals surface area contributed by atoms with Gasteiger partial charge >= 0.3 is 10.8 Å². The molecule has 0 aliphatic heterocycles. The van der Waals surface area contributed by atoms with Gasteiger partial charge in [0.2, 0.25) is 5.60 Å². The third-order valence-electron chi connectivity index (χ3n) is 1.98. The van der Waals surface area contributed by atoms with Crippen molar-refractivity contribution >= 4 is 40.6 Å². The highest BCUT2D eigenvalue weighted by molar-refractivity contribution is 6.26. The van der Waals surface area contributed by atoms with Gasteiger partial charge in [0.05, 0.1) is 0 Å². The number of carbonyl (C=O) groups is 1. The van der Waals surface area contributed by atoms with Crippen molar-refractivity contribution in [2.45, 2.75) is 35.6 Å². The summed E-state index contributed by atoms with van der Waals surface area (Å²) in [6.45, 7) is 0. The van der Waals surface area contributed by atoms with E-state index in [9.17, 15) is 22.4 Å². The van der Waals surface area contributed by atoms with Crippen molar-refractivity contribution in [3.8, 4) is 0 Å². The molecule has 0 aliphatic rings. The largest absolute Gasteiger partial charge is 0.376 e. The van der Waals surface area contributed by atoms with Crippen LogP contribution in [0, 0.1) is 0 Å². The van der Waals surface area contributed by atoms with Crippen LogP contribution in [-0.2, 0) is 4.79 Å². The fourth-order valence-electron chi connectivity index (χ4n) is 0.999. The molecule has 0 spiro atoms. The number of ketones is 1. The third-order valence-corrected chi connectivity index (χ3v) is 2.87. The van der Waals surface area contributed by atoms with Crippen LogP contribution in [0.1, 0.15) is 19.3 Å². The van der Waals surface area contributed by atoms with Crippen LogP contribution in [0.4, 0.5) is 17.6 Å². The van der Waals surface area contributed by atoms with Gasteiger partial charge in [0.15, 0.2) is 0 Å². The van der Waals surface area contributed by atoms with E-state index in [1.54, 1.807) is 0 Å². The lowest BCUT2D eigenvalue weighted by Crippen LogP contribution is -2.56. The zero-order valence-corrected chi connectivity index (χ0v) is 10.6. The van der Waals surface area contributed by atoms with Crippen LogP contribution in [0.2, 0.25) is 0 Å². The number of hydrogen-bond acceptors (Lipinski definition) is 2. The van der Waals surface area contributed by atoms with Gasteiger partial charge in [0, 0.05) is 18.7 Å². The van der Waals surface area contributed by atoms with Crippen molar-refractivity contribution in [1.29, 1.82) is 0 Å². The van der Waals surface area contributed by atoms with E-state index in [1.165, 1.54) is 0 Å². The molecule has 0 saturated heterocycles. The lowest BCUT2D eigenvalue weighted by molar-refractivity contribution is -0.219. The molecule has 2 nitrogen and oxygen atoms in total. The molecule has 1 N–H and O–H groups in total. The van der Waals surface area contributed by atoms with Gasteiger partial charge in [-0.15, -0.1) is 11.6 Å². The number of hydrogen-bond donors (Lipinski definition) is 1. The van der Waals surface area contributed by atoms with Gasteiger partial charge in [-0.3, -0.25) is 4.79 Å². The summed E-state index contributed by atoms with van der Waals surface area (Å²) in [7, 11) is 0. The molecule has 0 radical (unpaired) electrons. The maximum Gasteiger partial charge on any atom is 0.357 e. The SMILES string of the molecule is O=C(CCCCl)CC(O)(C(F)(F)Cl)C(F)(F)Cl. The highest BCUT2D eigenvalue weighted by Crippen LogP contribution is 2.48. The first-order valence-corrected chi connectivity index (χ1v) is 5.68. The van der Waals surface area contributed by atoms with Crippen LogP contribution in [0.3, 0.4) is 0 Å². The van der Waals surface area contributed by atoms with Gasteiger partial charge in [-0.1, -0.05) is 0 Å². The lowest BCUT2D eigenvalue weighted by atomic mass is 9.95. The monoisotopic (exact) mass is 318 g/mol. The van der Waals surface area contributed by atoms with Gasteiger partial charge in [0.25, 0.3) is 0 Å². The molecule has 0 unspecified atom stereocenters. The number of aliphatic hydroxyl groups is 1. The molecule has 0 aromatic rings. The van der Waals surface area contributed by atoms with E-state index in [0.29, 0.717) is 0 Å². The first-order valence-electron chi connectivity index (χ1n) is 4.39. The molecular formula is C8H9Cl3F4O2. The Morgan fingerprint density at radius 1 is 1.12 bits per heavy atom. The Kier molecular flexibility index (Phi) is 5.98. The first-order chi connectivity index (χ1) is 7.45. The van der Waals surface area contributed by atoms with Crippen molar-refractivity contribution in [3.63, 3.8) is 0 Å². The summed E-state index contributed by atoms with van der Waals surface area (Å²) in [6.07, 6.45) is -1.78. The number of carbonyl (C=O) groups excluding carboxylic acids is 1. The predicted octanol–water partition coefficient (Wildman–Crippen LogP) is 3.36. The maximum absolute atomic E-state index is 12.7. The van der Waals surface area contributed by atoms with E-state index in [0.717, 1.165) is 0 Å². The number of Topliss-reactive ketones (excluding diaryl/α,β-unsaturated/α-hetero) is 1. The second-order valence-electron chi connectivity index (χ2n) is 3.36. The molecule has 17 heavy (non-hydrogen) atoms. The van der Waals surface area contributed by atoms with E-state index in [4.69, 9.17) is 16.7 Å². The minimum Gasteiger partial charge on any atom is -0.376 e. The molecule has 0 aromatic heterocycles. The minimum absolute atomic E-state index is 0.0543. The molecule has 0 bridgehead atoms. The topological polar surface area (TPSA) is 37.3 Å². The molecule has 0 saturated carbocycles. The van der Waals surface area contributed by atoms with Crippen LogP contribution in [0.5, 0.6) is 0 Å². The fraction of sp³-hybridized carbons (Fsp3) is 0.875. The zero-order chi connectivity index (χ0) is 13.9. The Morgan fingerprint density at radius 3 is 1.82 bits per heavy atom. The molecule has 0 fully saturated rings. The maximum atomic E-state index is 12.7. The minimum atomic E-state index is -4.74. The third kappa shape index (κ3) is 4.43. The van der Waals surface area contributed by atoms with Crippen LogP contribution in [0.15, 0.2) is 0 Å². The van der Waals surface area contributed by atoms with E-state index in [-0.39, 0.29) is 18.7 Å². The molecule has 0 aliphatic carbocycles. The van der Waals surface area contributed by atoms with Crippen LogP contribution >= 0.6 is 34.8 Å².